The summed E-state index contributed by atoms with van der Waals surface area (Å²) in [7, 11) is -3.48. The van der Waals surface area contributed by atoms with Gasteiger partial charge in [0.05, 0.1) is 6.61 Å². The molecule has 0 aliphatic rings. The lowest BCUT2D eigenvalue weighted by Gasteiger charge is -2.29. The number of hydrogen-bond acceptors (Lipinski definition) is 3. The molecule has 0 aromatic rings. The molecule has 0 aromatic heterocycles. The lowest BCUT2D eigenvalue weighted by Crippen LogP contribution is -2.48. The number of aliphatic hydroxyl groups is 1. The van der Waals surface area contributed by atoms with Crippen LogP contribution in [0.25, 0.3) is 0 Å². The second-order valence-corrected chi connectivity index (χ2v) is 6.26. The minimum Gasteiger partial charge on any atom is -0.395 e. The summed E-state index contributed by atoms with van der Waals surface area (Å²) in [6.07, 6.45) is 1.50. The van der Waals surface area contributed by atoms with E-state index in [0.717, 1.165) is 12.8 Å². The Morgan fingerprint density at radius 3 is 2.12 bits per heavy atom. The van der Waals surface area contributed by atoms with Gasteiger partial charge in [-0.2, -0.15) is 12.7 Å². The third-order valence-electron chi connectivity index (χ3n) is 2.65. The van der Waals surface area contributed by atoms with Gasteiger partial charge in [-0.3, -0.25) is 0 Å². The first-order chi connectivity index (χ1) is 7.88. The molecular formula is C11H26N2O3S. The Bertz CT molecular complexity index is 287. The molecule has 0 aromatic carbocycles. The third kappa shape index (κ3) is 5.81. The summed E-state index contributed by atoms with van der Waals surface area (Å²) >= 11 is 0. The quantitative estimate of drug-likeness (QED) is 0.653. The van der Waals surface area contributed by atoms with Gasteiger partial charge in [-0.1, -0.05) is 27.7 Å². The van der Waals surface area contributed by atoms with Gasteiger partial charge in [0.1, 0.15) is 0 Å². The molecule has 0 spiro atoms. The maximum atomic E-state index is 12.1. The lowest BCUT2D eigenvalue weighted by molar-refractivity contribution is 0.218. The summed E-state index contributed by atoms with van der Waals surface area (Å²) in [6, 6.07) is -0.0492. The fraction of sp³-hybridized carbons (Fsp3) is 1.00. The predicted molar refractivity (Wildman–Crippen MR) is 69.9 cm³/mol. The summed E-state index contributed by atoms with van der Waals surface area (Å²) in [5.41, 5.74) is 0. The van der Waals surface area contributed by atoms with Crippen LogP contribution in [0.3, 0.4) is 0 Å². The van der Waals surface area contributed by atoms with Crippen molar-refractivity contribution in [1.82, 2.24) is 9.03 Å². The van der Waals surface area contributed by atoms with Crippen LogP contribution in [0, 0.1) is 5.92 Å². The van der Waals surface area contributed by atoms with Gasteiger partial charge in [0.2, 0.25) is 0 Å². The molecule has 0 aliphatic carbocycles. The van der Waals surface area contributed by atoms with Crippen LogP contribution < -0.4 is 4.72 Å². The summed E-state index contributed by atoms with van der Waals surface area (Å²) < 4.78 is 28.1. The maximum absolute atomic E-state index is 12.1. The molecule has 0 saturated heterocycles. The van der Waals surface area contributed by atoms with Crippen LogP contribution in [-0.2, 0) is 10.2 Å². The number of hydrogen-bond donors (Lipinski definition) is 2. The van der Waals surface area contributed by atoms with Crippen molar-refractivity contribution in [3.05, 3.63) is 0 Å². The van der Waals surface area contributed by atoms with E-state index in [4.69, 9.17) is 5.11 Å². The van der Waals surface area contributed by atoms with Crippen molar-refractivity contribution in [3.63, 3.8) is 0 Å². The molecule has 0 amide bonds. The molecule has 0 saturated carbocycles. The van der Waals surface area contributed by atoms with Crippen molar-refractivity contribution in [3.8, 4) is 0 Å². The first-order valence-corrected chi connectivity index (χ1v) is 7.70. The highest BCUT2D eigenvalue weighted by Gasteiger charge is 2.27. The van der Waals surface area contributed by atoms with Gasteiger partial charge in [0.15, 0.2) is 0 Å². The van der Waals surface area contributed by atoms with E-state index in [1.54, 1.807) is 0 Å². The summed E-state index contributed by atoms with van der Waals surface area (Å²) in [5.74, 6) is 0.266. The van der Waals surface area contributed by atoms with Crippen LogP contribution in [0.15, 0.2) is 0 Å². The lowest BCUT2D eigenvalue weighted by atomic mass is 10.2. The fourth-order valence-electron chi connectivity index (χ4n) is 1.65. The van der Waals surface area contributed by atoms with E-state index in [0.29, 0.717) is 6.54 Å². The van der Waals surface area contributed by atoms with E-state index < -0.39 is 10.2 Å². The summed E-state index contributed by atoms with van der Waals surface area (Å²) in [6.45, 7) is 8.24. The van der Waals surface area contributed by atoms with Gasteiger partial charge in [0.25, 0.3) is 10.2 Å². The monoisotopic (exact) mass is 266 g/mol. The zero-order chi connectivity index (χ0) is 13.5. The van der Waals surface area contributed by atoms with Crippen molar-refractivity contribution in [2.75, 3.05) is 19.7 Å². The summed E-state index contributed by atoms with van der Waals surface area (Å²) in [5, 5.41) is 8.98. The van der Waals surface area contributed by atoms with Crippen LogP contribution in [0.1, 0.15) is 40.5 Å². The van der Waals surface area contributed by atoms with E-state index in [-0.39, 0.29) is 25.1 Å². The van der Waals surface area contributed by atoms with E-state index in [2.05, 4.69) is 4.72 Å². The largest absolute Gasteiger partial charge is 0.395 e. The van der Waals surface area contributed by atoms with Crippen LogP contribution in [0.5, 0.6) is 0 Å². The fourth-order valence-corrected chi connectivity index (χ4v) is 3.37. The topological polar surface area (TPSA) is 69.6 Å². The van der Waals surface area contributed by atoms with E-state index in [1.807, 2.05) is 27.7 Å². The Morgan fingerprint density at radius 1 is 1.24 bits per heavy atom. The van der Waals surface area contributed by atoms with Crippen LogP contribution in [0.4, 0.5) is 0 Å². The number of aliphatic hydroxyl groups excluding tert-OH is 1. The van der Waals surface area contributed by atoms with Gasteiger partial charge in [-0.15, -0.1) is 0 Å². The highest BCUT2D eigenvalue weighted by atomic mass is 32.2. The molecule has 0 bridgehead atoms. The molecule has 5 nitrogen and oxygen atoms in total. The summed E-state index contributed by atoms with van der Waals surface area (Å²) in [4.78, 5) is 0. The first kappa shape index (κ1) is 16.8. The Balaban J connectivity index is 4.77. The first-order valence-electron chi connectivity index (χ1n) is 6.26. The minimum atomic E-state index is -3.48. The molecular weight excluding hydrogens is 240 g/mol. The van der Waals surface area contributed by atoms with Crippen molar-refractivity contribution < 1.29 is 13.5 Å². The van der Waals surface area contributed by atoms with E-state index >= 15 is 0 Å². The standard InChI is InChI=1S/C11H26N2O3S/c1-5-11(6-2)13(7-8-14)17(15,16)12-9-10(3)4/h10-12,14H,5-9H2,1-4H3. The molecule has 2 N–H and O–H groups in total. The zero-order valence-electron chi connectivity index (χ0n) is 11.3. The molecule has 0 fully saturated rings. The van der Waals surface area contributed by atoms with Gasteiger partial charge >= 0.3 is 0 Å². The molecule has 17 heavy (non-hydrogen) atoms. The Morgan fingerprint density at radius 2 is 1.76 bits per heavy atom. The highest BCUT2D eigenvalue weighted by Crippen LogP contribution is 2.12. The van der Waals surface area contributed by atoms with Crippen LogP contribution in [0.2, 0.25) is 0 Å². The van der Waals surface area contributed by atoms with Crippen LogP contribution in [-0.4, -0.2) is 43.6 Å². The van der Waals surface area contributed by atoms with Gasteiger partial charge in [-0.25, -0.2) is 4.72 Å². The molecule has 0 unspecified atom stereocenters. The number of nitrogens with zero attached hydrogens (tertiary/aromatic N) is 1. The maximum Gasteiger partial charge on any atom is 0.279 e. The molecule has 0 atom stereocenters. The van der Waals surface area contributed by atoms with Crippen molar-refractivity contribution >= 4 is 10.2 Å². The molecule has 0 radical (unpaired) electrons. The Labute approximate surface area is 105 Å². The normalized spacial score (nSPS) is 12.9. The second kappa shape index (κ2) is 8.02. The van der Waals surface area contributed by atoms with Crippen molar-refractivity contribution in [2.45, 2.75) is 46.6 Å². The van der Waals surface area contributed by atoms with E-state index in [1.165, 1.54) is 4.31 Å². The van der Waals surface area contributed by atoms with Gasteiger partial charge in [0, 0.05) is 19.1 Å². The SMILES string of the molecule is CCC(CC)N(CCO)S(=O)(=O)NCC(C)C. The van der Waals surface area contributed by atoms with E-state index in [9.17, 15) is 8.42 Å². The smallest absolute Gasteiger partial charge is 0.279 e. The average Bonchev–Trinajstić information content (AvgIpc) is 2.27. The van der Waals surface area contributed by atoms with Gasteiger partial charge in [-0.05, 0) is 18.8 Å². The molecule has 0 rings (SSSR count). The predicted octanol–water partition coefficient (Wildman–Crippen LogP) is 0.960. The molecule has 6 heteroatoms. The highest BCUT2D eigenvalue weighted by molar-refractivity contribution is 7.87. The third-order valence-corrected chi connectivity index (χ3v) is 4.28. The number of nitrogens with one attached hydrogen (secondary N) is 1. The molecule has 104 valence electrons. The van der Waals surface area contributed by atoms with Crippen molar-refractivity contribution in [2.24, 2.45) is 5.92 Å². The van der Waals surface area contributed by atoms with Gasteiger partial charge < -0.3 is 5.11 Å². The molecule has 0 aliphatic heterocycles. The van der Waals surface area contributed by atoms with Crippen LogP contribution >= 0.6 is 0 Å². The second-order valence-electron chi connectivity index (χ2n) is 4.55. The average molecular weight is 266 g/mol. The Kier molecular flexibility index (Phi) is 7.94. The zero-order valence-corrected chi connectivity index (χ0v) is 12.1. The Hall–Kier alpha value is -0.170. The minimum absolute atomic E-state index is 0.0492. The number of rotatable bonds is 9. The molecule has 0 heterocycles. The van der Waals surface area contributed by atoms with Crippen molar-refractivity contribution in [1.29, 1.82) is 0 Å².